The summed E-state index contributed by atoms with van der Waals surface area (Å²) >= 11 is 0. The molecule has 0 saturated heterocycles. The van der Waals surface area contributed by atoms with Crippen molar-refractivity contribution < 1.29 is 4.79 Å². The summed E-state index contributed by atoms with van der Waals surface area (Å²) < 4.78 is 0. The SMILES string of the molecule is CCNC(=NCC1CC(=O)Nc2ccccc21)NCCCCN(CC)CC. The molecule has 0 saturated carbocycles. The summed E-state index contributed by atoms with van der Waals surface area (Å²) in [6.07, 6.45) is 2.80. The lowest BCUT2D eigenvalue weighted by Crippen LogP contribution is -2.38. The number of hydrogen-bond donors (Lipinski definition) is 3. The number of rotatable bonds is 10. The van der Waals surface area contributed by atoms with Crippen LogP contribution in [0.15, 0.2) is 29.3 Å². The van der Waals surface area contributed by atoms with Crippen LogP contribution in [-0.4, -0.2) is 56.0 Å². The number of benzene rings is 1. The van der Waals surface area contributed by atoms with E-state index in [1.807, 2.05) is 18.2 Å². The topological polar surface area (TPSA) is 68.8 Å². The molecule has 27 heavy (non-hydrogen) atoms. The fourth-order valence-electron chi connectivity index (χ4n) is 3.41. The zero-order valence-electron chi connectivity index (χ0n) is 17.1. The smallest absolute Gasteiger partial charge is 0.225 e. The van der Waals surface area contributed by atoms with Gasteiger partial charge in [-0.3, -0.25) is 9.79 Å². The first kappa shape index (κ1) is 21.2. The third-order valence-electron chi connectivity index (χ3n) is 5.01. The zero-order valence-corrected chi connectivity index (χ0v) is 17.1. The molecule has 6 heteroatoms. The van der Waals surface area contributed by atoms with E-state index in [2.05, 4.69) is 47.7 Å². The number of amides is 1. The first-order valence-corrected chi connectivity index (χ1v) is 10.3. The second kappa shape index (κ2) is 11.6. The molecule has 6 nitrogen and oxygen atoms in total. The fraction of sp³-hybridized carbons (Fsp3) is 0.619. The van der Waals surface area contributed by atoms with Crippen LogP contribution < -0.4 is 16.0 Å². The molecule has 1 aliphatic rings. The average Bonchev–Trinajstić information content (AvgIpc) is 2.68. The third kappa shape index (κ3) is 6.86. The number of nitrogens with one attached hydrogen (secondary N) is 3. The van der Waals surface area contributed by atoms with E-state index in [4.69, 9.17) is 4.99 Å². The second-order valence-corrected chi connectivity index (χ2v) is 6.92. The summed E-state index contributed by atoms with van der Waals surface area (Å²) in [7, 11) is 0. The standard InChI is InChI=1S/C21H35N5O/c1-4-22-21(23-13-9-10-14-26(5-2)6-3)24-16-17-15-20(27)25-19-12-8-7-11-18(17)19/h7-8,11-12,17H,4-6,9-10,13-16H2,1-3H3,(H,25,27)(H2,22,23,24). The Morgan fingerprint density at radius 1 is 1.19 bits per heavy atom. The Hall–Kier alpha value is -2.08. The van der Waals surface area contributed by atoms with Crippen molar-refractivity contribution in [3.63, 3.8) is 0 Å². The van der Waals surface area contributed by atoms with Gasteiger partial charge in [-0.1, -0.05) is 32.0 Å². The highest BCUT2D eigenvalue weighted by Gasteiger charge is 2.24. The minimum absolute atomic E-state index is 0.0725. The molecule has 0 fully saturated rings. The lowest BCUT2D eigenvalue weighted by Gasteiger charge is -2.24. The van der Waals surface area contributed by atoms with E-state index >= 15 is 0 Å². The number of carbonyl (C=O) groups excluding carboxylic acids is 1. The fourth-order valence-corrected chi connectivity index (χ4v) is 3.41. The molecular formula is C21H35N5O. The molecule has 0 radical (unpaired) electrons. The highest BCUT2D eigenvalue weighted by Crippen LogP contribution is 2.31. The maximum absolute atomic E-state index is 12.0. The number of unbranched alkanes of at least 4 members (excludes halogenated alkanes) is 1. The van der Waals surface area contributed by atoms with E-state index in [1.54, 1.807) is 0 Å². The number of anilines is 1. The largest absolute Gasteiger partial charge is 0.357 e. The van der Waals surface area contributed by atoms with Crippen molar-refractivity contribution in [1.29, 1.82) is 0 Å². The van der Waals surface area contributed by atoms with Crippen molar-refractivity contribution in [2.45, 2.75) is 46.0 Å². The van der Waals surface area contributed by atoms with E-state index in [0.717, 1.165) is 50.8 Å². The maximum atomic E-state index is 12.0. The molecule has 1 aliphatic heterocycles. The molecule has 1 aromatic rings. The van der Waals surface area contributed by atoms with Gasteiger partial charge >= 0.3 is 0 Å². The van der Waals surface area contributed by atoms with Crippen molar-refractivity contribution in [1.82, 2.24) is 15.5 Å². The molecule has 1 atom stereocenters. The molecule has 1 amide bonds. The lowest BCUT2D eigenvalue weighted by molar-refractivity contribution is -0.116. The summed E-state index contributed by atoms with van der Waals surface area (Å²) in [6.45, 7) is 12.2. The van der Waals surface area contributed by atoms with Gasteiger partial charge in [0.2, 0.25) is 5.91 Å². The molecule has 1 heterocycles. The predicted octanol–water partition coefficient (Wildman–Crippen LogP) is 2.79. The molecular weight excluding hydrogens is 338 g/mol. The third-order valence-corrected chi connectivity index (χ3v) is 5.01. The summed E-state index contributed by atoms with van der Waals surface area (Å²) in [5.74, 6) is 1.04. The van der Waals surface area contributed by atoms with Gasteiger partial charge in [0.15, 0.2) is 5.96 Å². The average molecular weight is 374 g/mol. The maximum Gasteiger partial charge on any atom is 0.225 e. The van der Waals surface area contributed by atoms with E-state index in [9.17, 15) is 4.79 Å². The quantitative estimate of drug-likeness (QED) is 0.335. The molecule has 1 aromatic carbocycles. The summed E-state index contributed by atoms with van der Waals surface area (Å²) in [6, 6.07) is 8.02. The Labute approximate surface area is 163 Å². The monoisotopic (exact) mass is 373 g/mol. The van der Waals surface area contributed by atoms with Gasteiger partial charge in [-0.25, -0.2) is 0 Å². The second-order valence-electron chi connectivity index (χ2n) is 6.92. The molecule has 0 bridgehead atoms. The molecule has 3 N–H and O–H groups in total. The van der Waals surface area contributed by atoms with Gasteiger partial charge in [-0.2, -0.15) is 0 Å². The van der Waals surface area contributed by atoms with Gasteiger partial charge in [-0.15, -0.1) is 0 Å². The van der Waals surface area contributed by atoms with Crippen LogP contribution in [-0.2, 0) is 4.79 Å². The van der Waals surface area contributed by atoms with Gasteiger partial charge in [-0.05, 0) is 51.0 Å². The van der Waals surface area contributed by atoms with Crippen LogP contribution in [0.3, 0.4) is 0 Å². The summed E-state index contributed by atoms with van der Waals surface area (Å²) in [5, 5.41) is 9.68. The number of fused-ring (bicyclic) bond motifs is 1. The van der Waals surface area contributed by atoms with Crippen LogP contribution in [0.25, 0.3) is 0 Å². The molecule has 150 valence electrons. The molecule has 0 aromatic heterocycles. The lowest BCUT2D eigenvalue weighted by atomic mass is 9.91. The summed E-state index contributed by atoms with van der Waals surface area (Å²) in [4.78, 5) is 19.1. The van der Waals surface area contributed by atoms with Crippen LogP contribution in [0.5, 0.6) is 0 Å². The Balaban J connectivity index is 1.85. The Morgan fingerprint density at radius 3 is 2.70 bits per heavy atom. The number of hydrogen-bond acceptors (Lipinski definition) is 3. The summed E-state index contributed by atoms with van der Waals surface area (Å²) in [5.41, 5.74) is 2.10. The normalized spacial score (nSPS) is 16.8. The van der Waals surface area contributed by atoms with Crippen molar-refractivity contribution in [3.8, 4) is 0 Å². The van der Waals surface area contributed by atoms with E-state index in [1.165, 1.54) is 12.0 Å². The molecule has 0 aliphatic carbocycles. The van der Waals surface area contributed by atoms with Crippen LogP contribution in [0, 0.1) is 0 Å². The van der Waals surface area contributed by atoms with Crippen molar-refractivity contribution in [3.05, 3.63) is 29.8 Å². The van der Waals surface area contributed by atoms with E-state index < -0.39 is 0 Å². The number of para-hydroxylation sites is 1. The van der Waals surface area contributed by atoms with Crippen molar-refractivity contribution in [2.24, 2.45) is 4.99 Å². The number of nitrogens with zero attached hydrogens (tertiary/aromatic N) is 2. The van der Waals surface area contributed by atoms with Crippen molar-refractivity contribution >= 4 is 17.6 Å². The highest BCUT2D eigenvalue weighted by atomic mass is 16.1. The number of guanidine groups is 1. The Bertz CT molecular complexity index is 612. The van der Waals surface area contributed by atoms with Crippen LogP contribution in [0.2, 0.25) is 0 Å². The minimum atomic E-state index is 0.0725. The van der Waals surface area contributed by atoms with Gasteiger partial charge < -0.3 is 20.9 Å². The number of carbonyl (C=O) groups is 1. The predicted molar refractivity (Wildman–Crippen MR) is 113 cm³/mol. The minimum Gasteiger partial charge on any atom is -0.357 e. The van der Waals surface area contributed by atoms with Gasteiger partial charge in [0.05, 0.1) is 6.54 Å². The van der Waals surface area contributed by atoms with Crippen LogP contribution >= 0.6 is 0 Å². The van der Waals surface area contributed by atoms with Crippen LogP contribution in [0.4, 0.5) is 5.69 Å². The Kier molecular flexibility index (Phi) is 9.11. The van der Waals surface area contributed by atoms with Gasteiger partial charge in [0.1, 0.15) is 0 Å². The Morgan fingerprint density at radius 2 is 1.96 bits per heavy atom. The zero-order chi connectivity index (χ0) is 19.5. The molecule has 1 unspecified atom stereocenters. The highest BCUT2D eigenvalue weighted by molar-refractivity contribution is 5.94. The first-order chi connectivity index (χ1) is 13.2. The van der Waals surface area contributed by atoms with Crippen LogP contribution in [0.1, 0.15) is 51.5 Å². The van der Waals surface area contributed by atoms with Gasteiger partial charge in [0, 0.05) is 31.1 Å². The van der Waals surface area contributed by atoms with Crippen molar-refractivity contribution in [2.75, 3.05) is 44.6 Å². The van der Waals surface area contributed by atoms with E-state index in [-0.39, 0.29) is 11.8 Å². The number of aliphatic imine (C=N–C) groups is 1. The van der Waals surface area contributed by atoms with E-state index in [0.29, 0.717) is 13.0 Å². The van der Waals surface area contributed by atoms with Gasteiger partial charge in [0.25, 0.3) is 0 Å². The molecule has 2 rings (SSSR count). The molecule has 0 spiro atoms. The first-order valence-electron chi connectivity index (χ1n) is 10.3.